The fourth-order valence-corrected chi connectivity index (χ4v) is 2.64. The van der Waals surface area contributed by atoms with Gasteiger partial charge in [-0.2, -0.15) is 0 Å². The van der Waals surface area contributed by atoms with E-state index in [-0.39, 0.29) is 16.7 Å². The van der Waals surface area contributed by atoms with Crippen molar-refractivity contribution in [1.82, 2.24) is 0 Å². The Morgan fingerprint density at radius 1 is 1.47 bits per heavy atom. The third kappa shape index (κ3) is 3.67. The summed E-state index contributed by atoms with van der Waals surface area (Å²) in [6, 6.07) is 5.20. The van der Waals surface area contributed by atoms with Crippen molar-refractivity contribution in [3.63, 3.8) is 0 Å². The van der Waals surface area contributed by atoms with Gasteiger partial charge in [0, 0.05) is 12.6 Å². The number of aryl methyl sites for hydroxylation is 1. The molecule has 19 heavy (non-hydrogen) atoms. The number of aliphatic hydroxyl groups is 1. The molecule has 0 bridgehead atoms. The second-order valence-electron chi connectivity index (χ2n) is 5.35. The summed E-state index contributed by atoms with van der Waals surface area (Å²) >= 11 is 0. The van der Waals surface area contributed by atoms with Gasteiger partial charge in [0.15, 0.2) is 0 Å². The van der Waals surface area contributed by atoms with Crippen molar-refractivity contribution in [2.24, 2.45) is 5.92 Å². The van der Waals surface area contributed by atoms with Crippen LogP contribution in [-0.2, 0) is 0 Å². The molecule has 5 heteroatoms. The topological polar surface area (TPSA) is 75.4 Å². The molecule has 1 aliphatic rings. The van der Waals surface area contributed by atoms with Crippen LogP contribution >= 0.6 is 0 Å². The van der Waals surface area contributed by atoms with Gasteiger partial charge in [0.05, 0.1) is 11.0 Å². The molecule has 2 unspecified atom stereocenters. The van der Waals surface area contributed by atoms with Crippen LogP contribution in [0.1, 0.15) is 31.2 Å². The number of rotatable bonds is 4. The molecule has 1 aromatic carbocycles. The van der Waals surface area contributed by atoms with Gasteiger partial charge in [-0.3, -0.25) is 10.1 Å². The summed E-state index contributed by atoms with van der Waals surface area (Å²) in [5.74, 6) is 0.393. The highest BCUT2D eigenvalue weighted by Crippen LogP contribution is 2.28. The molecule has 2 N–H and O–H groups in total. The fraction of sp³-hybridized carbons (Fsp3) is 0.571. The van der Waals surface area contributed by atoms with Gasteiger partial charge in [-0.05, 0) is 43.7 Å². The van der Waals surface area contributed by atoms with E-state index in [2.05, 4.69) is 5.32 Å². The standard InChI is InChI=1S/C14H20N2O3/c1-10-5-6-13(14(7-10)16(18)19)15-9-11-3-2-4-12(17)8-11/h5-7,11-12,15,17H,2-4,8-9H2,1H3. The minimum absolute atomic E-state index is 0.122. The van der Waals surface area contributed by atoms with Gasteiger partial charge in [-0.1, -0.05) is 12.5 Å². The van der Waals surface area contributed by atoms with Crippen molar-refractivity contribution in [3.8, 4) is 0 Å². The molecule has 0 aliphatic heterocycles. The zero-order chi connectivity index (χ0) is 13.8. The number of nitro groups is 1. The van der Waals surface area contributed by atoms with E-state index in [1.807, 2.05) is 13.0 Å². The highest BCUT2D eigenvalue weighted by molar-refractivity contribution is 5.62. The first-order valence-electron chi connectivity index (χ1n) is 6.73. The second-order valence-corrected chi connectivity index (χ2v) is 5.35. The quantitative estimate of drug-likeness (QED) is 0.647. The van der Waals surface area contributed by atoms with Crippen LogP contribution in [0.25, 0.3) is 0 Å². The van der Waals surface area contributed by atoms with Crippen LogP contribution in [0, 0.1) is 23.0 Å². The van der Waals surface area contributed by atoms with Gasteiger partial charge < -0.3 is 10.4 Å². The van der Waals surface area contributed by atoms with E-state index in [9.17, 15) is 15.2 Å². The van der Waals surface area contributed by atoms with Crippen molar-refractivity contribution in [3.05, 3.63) is 33.9 Å². The molecule has 5 nitrogen and oxygen atoms in total. The summed E-state index contributed by atoms with van der Waals surface area (Å²) in [7, 11) is 0. The van der Waals surface area contributed by atoms with Crippen molar-refractivity contribution in [2.75, 3.05) is 11.9 Å². The third-order valence-corrected chi connectivity index (χ3v) is 3.69. The number of hydrogen-bond acceptors (Lipinski definition) is 4. The number of nitro benzene ring substituents is 1. The van der Waals surface area contributed by atoms with Crippen molar-refractivity contribution in [1.29, 1.82) is 0 Å². The monoisotopic (exact) mass is 264 g/mol. The van der Waals surface area contributed by atoms with Crippen LogP contribution < -0.4 is 5.32 Å². The zero-order valence-corrected chi connectivity index (χ0v) is 11.1. The number of aliphatic hydroxyl groups excluding tert-OH is 1. The molecule has 0 amide bonds. The van der Waals surface area contributed by atoms with Gasteiger partial charge >= 0.3 is 0 Å². The van der Waals surface area contributed by atoms with Crippen molar-refractivity contribution in [2.45, 2.75) is 38.7 Å². The molecule has 1 fully saturated rings. The molecule has 1 saturated carbocycles. The summed E-state index contributed by atoms with van der Waals surface area (Å²) in [4.78, 5) is 10.6. The predicted octanol–water partition coefficient (Wildman–Crippen LogP) is 2.87. The maximum atomic E-state index is 11.0. The lowest BCUT2D eigenvalue weighted by Crippen LogP contribution is -2.25. The molecule has 0 radical (unpaired) electrons. The average molecular weight is 264 g/mol. The Bertz CT molecular complexity index is 462. The average Bonchev–Trinajstić information content (AvgIpc) is 2.37. The zero-order valence-electron chi connectivity index (χ0n) is 11.1. The summed E-state index contributed by atoms with van der Waals surface area (Å²) in [5.41, 5.74) is 1.57. The molecule has 0 heterocycles. The van der Waals surface area contributed by atoms with Gasteiger partial charge in [-0.25, -0.2) is 0 Å². The molecule has 1 aliphatic carbocycles. The summed E-state index contributed by atoms with van der Waals surface area (Å²) in [6.45, 7) is 2.52. The Morgan fingerprint density at radius 2 is 2.26 bits per heavy atom. The summed E-state index contributed by atoms with van der Waals surface area (Å²) in [5, 5.41) is 23.8. The van der Waals surface area contributed by atoms with Crippen LogP contribution in [0.4, 0.5) is 11.4 Å². The Labute approximate surface area is 112 Å². The first-order chi connectivity index (χ1) is 9.06. The number of nitrogens with zero attached hydrogens (tertiary/aromatic N) is 1. The minimum atomic E-state index is -0.356. The van der Waals surface area contributed by atoms with Gasteiger partial charge in [0.25, 0.3) is 5.69 Å². The molecule has 2 rings (SSSR count). The van der Waals surface area contributed by atoms with Gasteiger partial charge in [-0.15, -0.1) is 0 Å². The molecule has 104 valence electrons. The van der Waals surface area contributed by atoms with Crippen LogP contribution in [0.2, 0.25) is 0 Å². The maximum absolute atomic E-state index is 11.0. The number of hydrogen-bond donors (Lipinski definition) is 2. The van der Waals surface area contributed by atoms with Crippen LogP contribution in [0.5, 0.6) is 0 Å². The van der Waals surface area contributed by atoms with E-state index in [0.29, 0.717) is 18.2 Å². The molecule has 0 aromatic heterocycles. The third-order valence-electron chi connectivity index (χ3n) is 3.69. The van der Waals surface area contributed by atoms with Crippen molar-refractivity contribution >= 4 is 11.4 Å². The van der Waals surface area contributed by atoms with Gasteiger partial charge in [0.2, 0.25) is 0 Å². The Balaban J connectivity index is 2.01. The maximum Gasteiger partial charge on any atom is 0.292 e. The van der Waals surface area contributed by atoms with E-state index < -0.39 is 0 Å². The van der Waals surface area contributed by atoms with E-state index in [0.717, 1.165) is 31.2 Å². The Morgan fingerprint density at radius 3 is 2.95 bits per heavy atom. The summed E-state index contributed by atoms with van der Waals surface area (Å²) in [6.07, 6.45) is 3.55. The smallest absolute Gasteiger partial charge is 0.292 e. The van der Waals surface area contributed by atoms with Gasteiger partial charge in [0.1, 0.15) is 5.69 Å². The molecule has 0 spiro atoms. The number of anilines is 1. The number of nitrogens with one attached hydrogen (secondary N) is 1. The summed E-state index contributed by atoms with van der Waals surface area (Å²) < 4.78 is 0. The van der Waals surface area contributed by atoms with E-state index in [4.69, 9.17) is 0 Å². The fourth-order valence-electron chi connectivity index (χ4n) is 2.64. The van der Waals surface area contributed by atoms with Crippen LogP contribution in [0.3, 0.4) is 0 Å². The molecular weight excluding hydrogens is 244 g/mol. The lowest BCUT2D eigenvalue weighted by Gasteiger charge is -2.26. The highest BCUT2D eigenvalue weighted by atomic mass is 16.6. The largest absolute Gasteiger partial charge is 0.393 e. The van der Waals surface area contributed by atoms with E-state index in [1.165, 1.54) is 0 Å². The second kappa shape index (κ2) is 6.02. The lowest BCUT2D eigenvalue weighted by atomic mass is 9.87. The van der Waals surface area contributed by atoms with Crippen LogP contribution in [-0.4, -0.2) is 22.7 Å². The molecular formula is C14H20N2O3. The first kappa shape index (κ1) is 13.8. The molecule has 0 saturated heterocycles. The Hall–Kier alpha value is -1.62. The highest BCUT2D eigenvalue weighted by Gasteiger charge is 2.21. The minimum Gasteiger partial charge on any atom is -0.393 e. The first-order valence-corrected chi connectivity index (χ1v) is 6.73. The van der Waals surface area contributed by atoms with E-state index in [1.54, 1.807) is 12.1 Å². The predicted molar refractivity (Wildman–Crippen MR) is 74.3 cm³/mol. The van der Waals surface area contributed by atoms with Crippen LogP contribution in [0.15, 0.2) is 18.2 Å². The molecule has 1 aromatic rings. The normalized spacial score (nSPS) is 23.1. The number of benzene rings is 1. The lowest BCUT2D eigenvalue weighted by molar-refractivity contribution is -0.384. The van der Waals surface area contributed by atoms with Crippen molar-refractivity contribution < 1.29 is 10.0 Å². The SMILES string of the molecule is Cc1ccc(NCC2CCCC(O)C2)c([N+](=O)[O-])c1. The molecule has 2 atom stereocenters. The Kier molecular flexibility index (Phi) is 4.37. The van der Waals surface area contributed by atoms with E-state index >= 15 is 0 Å².